The Hall–Kier alpha value is -3.52. The molecule has 2 aromatic carbocycles. The monoisotopic (exact) mass is 334 g/mol. The molecule has 0 unspecified atom stereocenters. The van der Waals surface area contributed by atoms with Crippen molar-refractivity contribution in [3.05, 3.63) is 71.8 Å². The molecule has 0 aromatic heterocycles. The van der Waals surface area contributed by atoms with Crippen molar-refractivity contribution < 1.29 is 14.3 Å². The van der Waals surface area contributed by atoms with Crippen LogP contribution in [0.3, 0.4) is 0 Å². The van der Waals surface area contributed by atoms with E-state index in [4.69, 9.17) is 9.47 Å². The molecular weight excluding hydrogens is 316 g/mol. The maximum Gasteiger partial charge on any atom is 0.266 e. The van der Waals surface area contributed by atoms with Crippen molar-refractivity contribution in [3.8, 4) is 17.6 Å². The third-order valence-electron chi connectivity index (χ3n) is 3.39. The van der Waals surface area contributed by atoms with E-state index >= 15 is 0 Å². The highest BCUT2D eigenvalue weighted by atomic mass is 16.5. The van der Waals surface area contributed by atoms with Crippen LogP contribution in [0.25, 0.3) is 6.08 Å². The SMILES string of the molecule is COc1ccc(NC(=O)/C(C#N)=C/C=C/c2ccccc2OC)cc1. The number of rotatable bonds is 6. The number of benzene rings is 2. The van der Waals surface area contributed by atoms with Crippen molar-refractivity contribution in [2.75, 3.05) is 19.5 Å². The van der Waals surface area contributed by atoms with Crippen LogP contribution in [0.1, 0.15) is 5.56 Å². The zero-order valence-electron chi connectivity index (χ0n) is 14.0. The van der Waals surface area contributed by atoms with Crippen molar-refractivity contribution >= 4 is 17.7 Å². The van der Waals surface area contributed by atoms with Crippen LogP contribution >= 0.6 is 0 Å². The average Bonchev–Trinajstić information content (AvgIpc) is 2.66. The summed E-state index contributed by atoms with van der Waals surface area (Å²) in [7, 11) is 3.16. The average molecular weight is 334 g/mol. The molecule has 0 aliphatic heterocycles. The summed E-state index contributed by atoms with van der Waals surface area (Å²) in [6.45, 7) is 0. The number of amides is 1. The summed E-state index contributed by atoms with van der Waals surface area (Å²) in [5.41, 5.74) is 1.44. The van der Waals surface area contributed by atoms with Crippen molar-refractivity contribution in [1.82, 2.24) is 0 Å². The Kier molecular flexibility index (Phi) is 6.38. The molecule has 0 bridgehead atoms. The molecule has 0 aliphatic rings. The molecule has 0 saturated carbocycles. The van der Waals surface area contributed by atoms with Crippen LogP contribution in [-0.4, -0.2) is 20.1 Å². The Labute approximate surface area is 146 Å². The summed E-state index contributed by atoms with van der Waals surface area (Å²) < 4.78 is 10.3. The third-order valence-corrected chi connectivity index (χ3v) is 3.39. The minimum atomic E-state index is -0.475. The summed E-state index contributed by atoms with van der Waals surface area (Å²) in [4.78, 5) is 12.2. The van der Waals surface area contributed by atoms with Gasteiger partial charge in [0.1, 0.15) is 23.1 Å². The van der Waals surface area contributed by atoms with Crippen LogP contribution < -0.4 is 14.8 Å². The van der Waals surface area contributed by atoms with Gasteiger partial charge in [-0.2, -0.15) is 5.26 Å². The molecule has 0 atom stereocenters. The lowest BCUT2D eigenvalue weighted by atomic mass is 10.1. The molecule has 2 rings (SSSR count). The molecular formula is C20H18N2O3. The van der Waals surface area contributed by atoms with Gasteiger partial charge in [0, 0.05) is 11.3 Å². The molecule has 1 amide bonds. The summed E-state index contributed by atoms with van der Waals surface area (Å²) in [5.74, 6) is 0.930. The van der Waals surface area contributed by atoms with Gasteiger partial charge in [0.15, 0.2) is 0 Å². The summed E-state index contributed by atoms with van der Waals surface area (Å²) >= 11 is 0. The second-order valence-electron chi connectivity index (χ2n) is 4.98. The first-order valence-corrected chi connectivity index (χ1v) is 7.55. The number of ether oxygens (including phenoxy) is 2. The number of nitriles is 1. The Morgan fingerprint density at radius 3 is 2.44 bits per heavy atom. The molecule has 0 heterocycles. The second-order valence-corrected chi connectivity index (χ2v) is 4.98. The number of allylic oxidation sites excluding steroid dienone is 2. The van der Waals surface area contributed by atoms with Gasteiger partial charge in [-0.3, -0.25) is 4.79 Å². The zero-order chi connectivity index (χ0) is 18.1. The van der Waals surface area contributed by atoms with Crippen LogP contribution in [0, 0.1) is 11.3 Å². The van der Waals surface area contributed by atoms with E-state index in [1.165, 1.54) is 6.08 Å². The standard InChI is InChI=1S/C20H18N2O3/c1-24-18-12-10-17(11-13-18)22-20(23)16(14-21)8-5-7-15-6-3-4-9-19(15)25-2/h3-13H,1-2H3,(H,22,23)/b7-5+,16-8+. The van der Waals surface area contributed by atoms with Gasteiger partial charge in [0.05, 0.1) is 14.2 Å². The van der Waals surface area contributed by atoms with Crippen LogP contribution in [0.4, 0.5) is 5.69 Å². The van der Waals surface area contributed by atoms with Gasteiger partial charge in [0.2, 0.25) is 0 Å². The van der Waals surface area contributed by atoms with E-state index in [1.54, 1.807) is 50.6 Å². The summed E-state index contributed by atoms with van der Waals surface area (Å²) in [6.07, 6.45) is 4.88. The number of nitrogens with zero attached hydrogens (tertiary/aromatic N) is 1. The molecule has 0 radical (unpaired) electrons. The van der Waals surface area contributed by atoms with E-state index in [2.05, 4.69) is 5.32 Å². The lowest BCUT2D eigenvalue weighted by Crippen LogP contribution is -2.13. The molecule has 0 fully saturated rings. The van der Waals surface area contributed by atoms with Crippen molar-refractivity contribution in [2.24, 2.45) is 0 Å². The zero-order valence-corrected chi connectivity index (χ0v) is 14.0. The summed E-state index contributed by atoms with van der Waals surface area (Å²) in [5, 5.41) is 11.9. The highest BCUT2D eigenvalue weighted by Gasteiger charge is 2.08. The van der Waals surface area contributed by atoms with Gasteiger partial charge in [-0.25, -0.2) is 0 Å². The number of nitrogens with one attached hydrogen (secondary N) is 1. The molecule has 0 saturated heterocycles. The predicted molar refractivity (Wildman–Crippen MR) is 97.3 cm³/mol. The third kappa shape index (κ3) is 4.98. The maximum absolute atomic E-state index is 12.2. The van der Waals surface area contributed by atoms with Crippen molar-refractivity contribution in [1.29, 1.82) is 5.26 Å². The molecule has 0 spiro atoms. The number of carbonyl (C=O) groups is 1. The van der Waals surface area contributed by atoms with Crippen LogP contribution in [0.2, 0.25) is 0 Å². The van der Waals surface area contributed by atoms with E-state index in [1.807, 2.05) is 30.3 Å². The minimum absolute atomic E-state index is 0.00182. The normalized spacial score (nSPS) is 11.0. The van der Waals surface area contributed by atoms with Gasteiger partial charge in [0.25, 0.3) is 5.91 Å². The largest absolute Gasteiger partial charge is 0.497 e. The molecule has 5 heteroatoms. The van der Waals surface area contributed by atoms with Gasteiger partial charge in [-0.1, -0.05) is 30.4 Å². The Balaban J connectivity index is 2.09. The minimum Gasteiger partial charge on any atom is -0.497 e. The number of hydrogen-bond acceptors (Lipinski definition) is 4. The fraction of sp³-hybridized carbons (Fsp3) is 0.100. The van der Waals surface area contributed by atoms with Crippen molar-refractivity contribution in [3.63, 3.8) is 0 Å². The fourth-order valence-corrected chi connectivity index (χ4v) is 2.09. The topological polar surface area (TPSA) is 71.3 Å². The smallest absolute Gasteiger partial charge is 0.266 e. The Morgan fingerprint density at radius 1 is 1.08 bits per heavy atom. The number of anilines is 1. The number of hydrogen-bond donors (Lipinski definition) is 1. The lowest BCUT2D eigenvalue weighted by Gasteiger charge is -2.05. The predicted octanol–water partition coefficient (Wildman–Crippen LogP) is 3.81. The first-order chi connectivity index (χ1) is 12.2. The lowest BCUT2D eigenvalue weighted by molar-refractivity contribution is -0.112. The van der Waals surface area contributed by atoms with Crippen molar-refractivity contribution in [2.45, 2.75) is 0 Å². The van der Waals surface area contributed by atoms with Gasteiger partial charge < -0.3 is 14.8 Å². The molecule has 126 valence electrons. The molecule has 2 aromatic rings. The molecule has 5 nitrogen and oxygen atoms in total. The second kappa shape index (κ2) is 8.94. The van der Waals surface area contributed by atoms with Gasteiger partial charge in [-0.15, -0.1) is 0 Å². The number of methoxy groups -OCH3 is 2. The first kappa shape index (κ1) is 17.8. The van der Waals surface area contributed by atoms with E-state index in [0.29, 0.717) is 17.2 Å². The first-order valence-electron chi connectivity index (χ1n) is 7.55. The fourth-order valence-electron chi connectivity index (χ4n) is 2.09. The highest BCUT2D eigenvalue weighted by Crippen LogP contribution is 2.19. The van der Waals surface area contributed by atoms with E-state index in [0.717, 1.165) is 5.56 Å². The quantitative estimate of drug-likeness (QED) is 0.495. The molecule has 0 aliphatic carbocycles. The van der Waals surface area contributed by atoms with Gasteiger partial charge in [-0.05, 0) is 36.4 Å². The number of carbonyl (C=O) groups excluding carboxylic acids is 1. The van der Waals surface area contributed by atoms with E-state index in [9.17, 15) is 10.1 Å². The number of para-hydroxylation sites is 1. The summed E-state index contributed by atoms with van der Waals surface area (Å²) in [6, 6.07) is 16.2. The molecule has 1 N–H and O–H groups in total. The van der Waals surface area contributed by atoms with Crippen LogP contribution in [-0.2, 0) is 4.79 Å². The maximum atomic E-state index is 12.2. The van der Waals surface area contributed by atoms with E-state index in [-0.39, 0.29) is 5.57 Å². The van der Waals surface area contributed by atoms with Crippen LogP contribution in [0.15, 0.2) is 66.3 Å². The van der Waals surface area contributed by atoms with Gasteiger partial charge >= 0.3 is 0 Å². The Bertz CT molecular complexity index is 831. The molecule has 25 heavy (non-hydrogen) atoms. The van der Waals surface area contributed by atoms with E-state index < -0.39 is 5.91 Å². The highest BCUT2D eigenvalue weighted by molar-refractivity contribution is 6.06. The Morgan fingerprint density at radius 2 is 1.80 bits per heavy atom. The van der Waals surface area contributed by atoms with Crippen LogP contribution in [0.5, 0.6) is 11.5 Å².